The van der Waals surface area contributed by atoms with E-state index in [1.54, 1.807) is 47.3 Å². The molecule has 0 atom stereocenters. The van der Waals surface area contributed by atoms with Gasteiger partial charge in [0, 0.05) is 24.1 Å². The van der Waals surface area contributed by atoms with Crippen molar-refractivity contribution < 1.29 is 18.9 Å². The lowest BCUT2D eigenvalue weighted by molar-refractivity contribution is -0.390. The Morgan fingerprint density at radius 2 is 1.88 bits per heavy atom. The molecule has 2 N–H and O–H groups in total. The Labute approximate surface area is 200 Å². The Morgan fingerprint density at radius 3 is 2.56 bits per heavy atom. The van der Waals surface area contributed by atoms with Crippen LogP contribution in [-0.4, -0.2) is 36.3 Å². The molecule has 13 heteroatoms. The van der Waals surface area contributed by atoms with E-state index in [1.807, 2.05) is 6.92 Å². The Morgan fingerprint density at radius 1 is 1.15 bits per heavy atom. The quantitative estimate of drug-likeness (QED) is 0.260. The maximum absolute atomic E-state index is 12.6. The fourth-order valence-electron chi connectivity index (χ4n) is 3.18. The van der Waals surface area contributed by atoms with Crippen LogP contribution in [0.1, 0.15) is 33.7 Å². The lowest BCUT2D eigenvalue weighted by atomic mass is 10.2. The number of anilines is 2. The van der Waals surface area contributed by atoms with Gasteiger partial charge >= 0.3 is 5.82 Å². The molecule has 0 unspecified atom stereocenters. The summed E-state index contributed by atoms with van der Waals surface area (Å²) in [5.74, 6) is -0.674. The third-order valence-electron chi connectivity index (χ3n) is 4.70. The van der Waals surface area contributed by atoms with Crippen LogP contribution in [0.5, 0.6) is 0 Å². The van der Waals surface area contributed by atoms with Crippen LogP contribution >= 0.6 is 15.9 Å². The van der Waals surface area contributed by atoms with Gasteiger partial charge in [0.1, 0.15) is 22.5 Å². The number of hydrogen-bond donors (Lipinski definition) is 2. The zero-order valence-corrected chi connectivity index (χ0v) is 19.4. The molecule has 0 saturated carbocycles. The largest absolute Gasteiger partial charge is 0.454 e. The number of aromatic nitrogens is 4. The number of nitrogens with one attached hydrogen (secondary N) is 2. The van der Waals surface area contributed by atoms with E-state index < -0.39 is 10.8 Å². The van der Waals surface area contributed by atoms with Crippen LogP contribution in [0, 0.1) is 10.1 Å². The number of furan rings is 1. The SMILES string of the molecule is CCn1nccc1C(=O)Nc1cccc(NC(=O)c2ccc(Cn3cc(Br)c([N+](=O)[O-])n3)o2)c1. The van der Waals surface area contributed by atoms with Gasteiger partial charge in [0.15, 0.2) is 5.76 Å². The second-order valence-electron chi connectivity index (χ2n) is 7.04. The number of amides is 2. The van der Waals surface area contributed by atoms with E-state index >= 15 is 0 Å². The van der Waals surface area contributed by atoms with Crippen LogP contribution in [0.15, 0.2) is 63.7 Å². The molecule has 0 aliphatic carbocycles. The van der Waals surface area contributed by atoms with Crippen molar-refractivity contribution in [3.63, 3.8) is 0 Å². The summed E-state index contributed by atoms with van der Waals surface area (Å²) in [5, 5.41) is 24.4. The van der Waals surface area contributed by atoms with Crippen molar-refractivity contribution >= 4 is 44.9 Å². The second-order valence-corrected chi connectivity index (χ2v) is 7.90. The van der Waals surface area contributed by atoms with Crippen molar-refractivity contribution in [2.75, 3.05) is 10.6 Å². The number of halogens is 1. The molecule has 0 fully saturated rings. The van der Waals surface area contributed by atoms with Crippen LogP contribution in [-0.2, 0) is 13.1 Å². The lowest BCUT2D eigenvalue weighted by Gasteiger charge is -2.09. The van der Waals surface area contributed by atoms with Gasteiger partial charge in [-0.2, -0.15) is 9.78 Å². The van der Waals surface area contributed by atoms with Crippen molar-refractivity contribution in [1.29, 1.82) is 0 Å². The minimum absolute atomic E-state index is 0.0528. The molecule has 0 spiro atoms. The number of hydrogen-bond acceptors (Lipinski definition) is 7. The molecule has 0 radical (unpaired) electrons. The first-order valence-corrected chi connectivity index (χ1v) is 10.8. The van der Waals surface area contributed by atoms with Crippen molar-refractivity contribution in [3.8, 4) is 0 Å². The van der Waals surface area contributed by atoms with Crippen molar-refractivity contribution in [2.24, 2.45) is 0 Å². The molecule has 1 aromatic carbocycles. The number of nitrogens with zero attached hydrogens (tertiary/aromatic N) is 5. The molecule has 4 rings (SSSR count). The van der Waals surface area contributed by atoms with E-state index in [2.05, 4.69) is 36.8 Å². The fourth-order valence-corrected chi connectivity index (χ4v) is 3.64. The summed E-state index contributed by atoms with van der Waals surface area (Å²) in [5.41, 5.74) is 1.38. The van der Waals surface area contributed by atoms with Gasteiger partial charge in [0.25, 0.3) is 11.8 Å². The summed E-state index contributed by atoms with van der Waals surface area (Å²) in [6, 6.07) is 11.4. The first-order valence-electron chi connectivity index (χ1n) is 10.0. The van der Waals surface area contributed by atoms with Gasteiger partial charge < -0.3 is 25.2 Å². The number of benzene rings is 1. The number of carbonyl (C=O) groups is 2. The molecule has 0 saturated heterocycles. The highest BCUT2D eigenvalue weighted by Crippen LogP contribution is 2.23. The maximum atomic E-state index is 12.6. The third kappa shape index (κ3) is 5.04. The summed E-state index contributed by atoms with van der Waals surface area (Å²) in [6.07, 6.45) is 3.01. The van der Waals surface area contributed by atoms with Gasteiger partial charge in [-0.15, -0.1) is 0 Å². The van der Waals surface area contributed by atoms with Crippen LogP contribution in [0.2, 0.25) is 0 Å². The van der Waals surface area contributed by atoms with E-state index in [-0.39, 0.29) is 28.5 Å². The Balaban J connectivity index is 1.40. The second kappa shape index (κ2) is 9.70. The summed E-state index contributed by atoms with van der Waals surface area (Å²) in [6.45, 7) is 2.55. The van der Waals surface area contributed by atoms with Gasteiger partial charge in [-0.05, 0) is 64.2 Å². The van der Waals surface area contributed by atoms with E-state index in [0.717, 1.165) is 0 Å². The van der Waals surface area contributed by atoms with Gasteiger partial charge in [-0.1, -0.05) is 6.07 Å². The van der Waals surface area contributed by atoms with Crippen LogP contribution in [0.4, 0.5) is 17.2 Å². The average molecular weight is 528 g/mol. The van der Waals surface area contributed by atoms with Crippen molar-refractivity contribution in [2.45, 2.75) is 20.0 Å². The highest BCUT2D eigenvalue weighted by molar-refractivity contribution is 9.10. The summed E-state index contributed by atoms with van der Waals surface area (Å²) in [4.78, 5) is 35.4. The summed E-state index contributed by atoms with van der Waals surface area (Å²) in [7, 11) is 0. The van der Waals surface area contributed by atoms with E-state index in [1.165, 1.54) is 16.9 Å². The first-order chi connectivity index (χ1) is 16.3. The minimum Gasteiger partial charge on any atom is -0.454 e. The van der Waals surface area contributed by atoms with Crippen molar-refractivity contribution in [3.05, 3.63) is 86.7 Å². The Kier molecular flexibility index (Phi) is 6.54. The van der Waals surface area contributed by atoms with Crippen LogP contribution in [0.25, 0.3) is 0 Å². The van der Waals surface area contributed by atoms with E-state index in [4.69, 9.17) is 4.42 Å². The van der Waals surface area contributed by atoms with Crippen LogP contribution in [0.3, 0.4) is 0 Å². The monoisotopic (exact) mass is 527 g/mol. The lowest BCUT2D eigenvalue weighted by Crippen LogP contribution is -2.17. The van der Waals surface area contributed by atoms with Crippen LogP contribution < -0.4 is 10.6 Å². The predicted molar refractivity (Wildman–Crippen MR) is 125 cm³/mol. The molecule has 2 amide bonds. The van der Waals surface area contributed by atoms with Gasteiger partial charge in [0.2, 0.25) is 0 Å². The highest BCUT2D eigenvalue weighted by atomic mass is 79.9. The molecule has 3 heterocycles. The first kappa shape index (κ1) is 22.9. The molecular weight excluding hydrogens is 510 g/mol. The third-order valence-corrected chi connectivity index (χ3v) is 5.26. The maximum Gasteiger partial charge on any atom is 0.404 e. The van der Waals surface area contributed by atoms with E-state index in [9.17, 15) is 19.7 Å². The molecule has 0 bridgehead atoms. The topological polar surface area (TPSA) is 150 Å². The van der Waals surface area contributed by atoms with Crippen molar-refractivity contribution in [1.82, 2.24) is 19.6 Å². The summed E-state index contributed by atoms with van der Waals surface area (Å²) >= 11 is 3.09. The van der Waals surface area contributed by atoms with E-state index in [0.29, 0.717) is 29.4 Å². The minimum atomic E-state index is -0.601. The zero-order chi connectivity index (χ0) is 24.2. The fraction of sp³-hybridized carbons (Fsp3) is 0.143. The molecule has 3 aromatic heterocycles. The Hall–Kier alpha value is -4.26. The average Bonchev–Trinajstić information content (AvgIpc) is 3.53. The number of rotatable bonds is 8. The zero-order valence-electron chi connectivity index (χ0n) is 17.8. The Bertz CT molecular complexity index is 1370. The molecule has 0 aliphatic heterocycles. The molecule has 34 heavy (non-hydrogen) atoms. The predicted octanol–water partition coefficient (Wildman–Crippen LogP) is 3.92. The molecular formula is C21H18BrN7O5. The summed E-state index contributed by atoms with van der Waals surface area (Å²) < 4.78 is 8.72. The number of nitro groups is 1. The number of carbonyl (C=O) groups excluding carboxylic acids is 2. The highest BCUT2D eigenvalue weighted by Gasteiger charge is 2.20. The van der Waals surface area contributed by atoms with Gasteiger partial charge in [-0.3, -0.25) is 14.3 Å². The van der Waals surface area contributed by atoms with Gasteiger partial charge in [-0.25, -0.2) is 0 Å². The molecule has 12 nitrogen and oxygen atoms in total. The standard InChI is InChI=1S/C21H18BrN7O5/c1-2-28-17(8-9-23-28)20(30)24-13-4-3-5-14(10-13)25-21(31)18-7-6-15(34-18)11-27-12-16(22)19(26-27)29(32)33/h3-10,12H,2,11H2,1H3,(H,24,30)(H,25,31). The van der Waals surface area contributed by atoms with Gasteiger partial charge in [0.05, 0.1) is 11.3 Å². The smallest absolute Gasteiger partial charge is 0.404 e. The number of aryl methyl sites for hydroxylation is 1. The normalized spacial score (nSPS) is 10.8. The molecule has 174 valence electrons. The molecule has 4 aromatic rings. The molecule has 0 aliphatic rings.